The number of hydrogen-bond donors (Lipinski definition) is 2. The molecule has 2 aliphatic rings. The summed E-state index contributed by atoms with van der Waals surface area (Å²) in [6, 6.07) is 5.77. The molecule has 1 aliphatic carbocycles. The van der Waals surface area contributed by atoms with E-state index in [1.54, 1.807) is 0 Å². The molecule has 1 atom stereocenters. The van der Waals surface area contributed by atoms with E-state index >= 15 is 0 Å². The second kappa shape index (κ2) is 11.5. The number of guanidine groups is 1. The van der Waals surface area contributed by atoms with Gasteiger partial charge >= 0.3 is 0 Å². The van der Waals surface area contributed by atoms with Gasteiger partial charge in [0.25, 0.3) is 0 Å². The van der Waals surface area contributed by atoms with Crippen LogP contribution in [-0.4, -0.2) is 49.1 Å². The van der Waals surface area contributed by atoms with Crippen molar-refractivity contribution in [1.82, 2.24) is 15.5 Å². The van der Waals surface area contributed by atoms with Gasteiger partial charge in [-0.25, -0.2) is 0 Å². The van der Waals surface area contributed by atoms with Crippen LogP contribution in [0.3, 0.4) is 0 Å². The highest BCUT2D eigenvalue weighted by Gasteiger charge is 2.27. The summed E-state index contributed by atoms with van der Waals surface area (Å²) in [5.74, 6) is 1.48. The van der Waals surface area contributed by atoms with E-state index in [0.717, 1.165) is 25.1 Å². The quantitative estimate of drug-likeness (QED) is 0.352. The van der Waals surface area contributed by atoms with Crippen LogP contribution in [0, 0.1) is 0 Å². The first-order valence-corrected chi connectivity index (χ1v) is 11.0. The summed E-state index contributed by atoms with van der Waals surface area (Å²) in [7, 11) is 0. The number of piperidine rings is 1. The molecule has 2 N–H and O–H groups in total. The third kappa shape index (κ3) is 6.37. The fraction of sp³-hybridized carbons (Fsp3) is 0.750. The highest BCUT2D eigenvalue weighted by atomic mass is 127. The van der Waals surface area contributed by atoms with Crippen molar-refractivity contribution >= 4 is 41.3 Å². The zero-order chi connectivity index (χ0) is 17.5. The fourth-order valence-corrected chi connectivity index (χ4v) is 4.86. The molecule has 1 aromatic heterocycles. The summed E-state index contributed by atoms with van der Waals surface area (Å²) in [6.07, 6.45) is 8.18. The second-order valence-corrected chi connectivity index (χ2v) is 8.51. The van der Waals surface area contributed by atoms with E-state index in [4.69, 9.17) is 4.99 Å². The molecule has 6 heteroatoms. The van der Waals surface area contributed by atoms with Gasteiger partial charge in [0.15, 0.2) is 5.96 Å². The number of thiophene rings is 1. The molecule has 4 nitrogen and oxygen atoms in total. The van der Waals surface area contributed by atoms with E-state index in [1.807, 2.05) is 11.3 Å². The molecule has 1 saturated heterocycles. The molecular weight excluding hydrogens is 455 g/mol. The van der Waals surface area contributed by atoms with Gasteiger partial charge in [-0.15, -0.1) is 35.3 Å². The van der Waals surface area contributed by atoms with Gasteiger partial charge in [-0.3, -0.25) is 4.99 Å². The lowest BCUT2D eigenvalue weighted by Gasteiger charge is -2.36. The average molecular weight is 490 g/mol. The molecule has 1 aliphatic heterocycles. The Morgan fingerprint density at radius 1 is 1.27 bits per heavy atom. The molecule has 0 radical (unpaired) electrons. The van der Waals surface area contributed by atoms with Crippen LogP contribution in [0.1, 0.15) is 63.2 Å². The molecule has 1 saturated carbocycles. The Bertz CT molecular complexity index is 520. The number of likely N-dealkylation sites (tertiary alicyclic amines) is 1. The van der Waals surface area contributed by atoms with Crippen molar-refractivity contribution in [3.63, 3.8) is 0 Å². The number of hydrogen-bond acceptors (Lipinski definition) is 3. The Balaban J connectivity index is 0.00000243. The first-order chi connectivity index (χ1) is 12.3. The number of nitrogens with one attached hydrogen (secondary N) is 2. The smallest absolute Gasteiger partial charge is 0.191 e. The molecule has 148 valence electrons. The molecule has 2 fully saturated rings. The van der Waals surface area contributed by atoms with Gasteiger partial charge in [-0.2, -0.15) is 0 Å². The Kier molecular flexibility index (Phi) is 9.70. The largest absolute Gasteiger partial charge is 0.357 e. The maximum absolute atomic E-state index is 4.85. The van der Waals surface area contributed by atoms with E-state index in [9.17, 15) is 0 Å². The molecule has 1 unspecified atom stereocenters. The lowest BCUT2D eigenvalue weighted by molar-refractivity contribution is 0.150. The van der Waals surface area contributed by atoms with Crippen molar-refractivity contribution in [3.05, 3.63) is 22.4 Å². The summed E-state index contributed by atoms with van der Waals surface area (Å²) in [6.45, 7) is 8.65. The SMILES string of the molecule is CCNC(=NCC(C)c1cccs1)NC1CCN(C2CCCC2)CC1.I. The maximum Gasteiger partial charge on any atom is 0.191 e. The predicted molar refractivity (Wildman–Crippen MR) is 124 cm³/mol. The van der Waals surface area contributed by atoms with Crippen LogP contribution in [0.15, 0.2) is 22.5 Å². The summed E-state index contributed by atoms with van der Waals surface area (Å²) in [5, 5.41) is 9.26. The van der Waals surface area contributed by atoms with Crippen molar-refractivity contribution < 1.29 is 0 Å². The van der Waals surface area contributed by atoms with Crippen LogP contribution < -0.4 is 10.6 Å². The van der Waals surface area contributed by atoms with Crippen LogP contribution in [0.25, 0.3) is 0 Å². The van der Waals surface area contributed by atoms with Gasteiger partial charge < -0.3 is 15.5 Å². The highest BCUT2D eigenvalue weighted by Crippen LogP contribution is 2.26. The number of rotatable bonds is 6. The third-order valence-electron chi connectivity index (χ3n) is 5.61. The second-order valence-electron chi connectivity index (χ2n) is 7.53. The molecule has 2 heterocycles. The molecule has 26 heavy (non-hydrogen) atoms. The zero-order valence-corrected chi connectivity index (χ0v) is 19.4. The van der Waals surface area contributed by atoms with Crippen molar-refractivity contribution in [2.75, 3.05) is 26.2 Å². The van der Waals surface area contributed by atoms with E-state index in [2.05, 4.69) is 46.9 Å². The van der Waals surface area contributed by atoms with Gasteiger partial charge in [-0.05, 0) is 44.1 Å². The standard InChI is InChI=1S/C20H34N4S.HI/c1-3-21-20(22-15-16(2)19-9-6-14-25-19)23-17-10-12-24(13-11-17)18-7-4-5-8-18;/h6,9,14,16-18H,3-5,7-8,10-13,15H2,1-2H3,(H2,21,22,23);1H. The topological polar surface area (TPSA) is 39.7 Å². The van der Waals surface area contributed by atoms with Crippen LogP contribution >= 0.6 is 35.3 Å². The molecule has 0 amide bonds. The Morgan fingerprint density at radius 3 is 2.62 bits per heavy atom. The van der Waals surface area contributed by atoms with Crippen LogP contribution in [0.5, 0.6) is 0 Å². The van der Waals surface area contributed by atoms with Crippen LogP contribution in [0.2, 0.25) is 0 Å². The normalized spacial score (nSPS) is 21.4. The maximum atomic E-state index is 4.85. The Morgan fingerprint density at radius 2 is 2.00 bits per heavy atom. The summed E-state index contributed by atoms with van der Waals surface area (Å²) in [5.41, 5.74) is 0. The predicted octanol–water partition coefficient (Wildman–Crippen LogP) is 4.43. The molecular formula is C20H35IN4S. The lowest BCUT2D eigenvalue weighted by Crippen LogP contribution is -2.50. The minimum absolute atomic E-state index is 0. The van der Waals surface area contributed by atoms with Crippen molar-refractivity contribution in [3.8, 4) is 0 Å². The third-order valence-corrected chi connectivity index (χ3v) is 6.71. The molecule has 3 rings (SSSR count). The van der Waals surface area contributed by atoms with Gasteiger partial charge in [0.2, 0.25) is 0 Å². The van der Waals surface area contributed by atoms with Gasteiger partial charge in [-0.1, -0.05) is 25.8 Å². The van der Waals surface area contributed by atoms with Crippen molar-refractivity contribution in [2.45, 2.75) is 70.4 Å². The van der Waals surface area contributed by atoms with Gasteiger partial charge in [0.1, 0.15) is 0 Å². The number of aliphatic imine (C=N–C) groups is 1. The van der Waals surface area contributed by atoms with Gasteiger partial charge in [0.05, 0.1) is 6.54 Å². The van der Waals surface area contributed by atoms with E-state index < -0.39 is 0 Å². The minimum Gasteiger partial charge on any atom is -0.357 e. The molecule has 0 spiro atoms. The minimum atomic E-state index is 0. The van der Waals surface area contributed by atoms with Gasteiger partial charge in [0, 0.05) is 42.5 Å². The van der Waals surface area contributed by atoms with E-state index in [0.29, 0.717) is 12.0 Å². The first kappa shape index (κ1) is 22.0. The monoisotopic (exact) mass is 490 g/mol. The van der Waals surface area contributed by atoms with Crippen LogP contribution in [-0.2, 0) is 0 Å². The summed E-state index contributed by atoms with van der Waals surface area (Å²) < 4.78 is 0. The zero-order valence-electron chi connectivity index (χ0n) is 16.2. The summed E-state index contributed by atoms with van der Waals surface area (Å²) in [4.78, 5) is 9.00. The van der Waals surface area contributed by atoms with E-state index in [-0.39, 0.29) is 24.0 Å². The Labute approximate surface area is 180 Å². The van der Waals surface area contributed by atoms with Crippen molar-refractivity contribution in [2.24, 2.45) is 4.99 Å². The molecule has 0 aromatic carbocycles. The van der Waals surface area contributed by atoms with Crippen molar-refractivity contribution in [1.29, 1.82) is 0 Å². The molecule has 1 aromatic rings. The lowest BCUT2D eigenvalue weighted by atomic mass is 10.0. The average Bonchev–Trinajstić information content (AvgIpc) is 3.33. The van der Waals surface area contributed by atoms with E-state index in [1.165, 1.54) is 56.5 Å². The number of nitrogens with zero attached hydrogens (tertiary/aromatic N) is 2. The number of halogens is 1. The molecule has 0 bridgehead atoms. The first-order valence-electron chi connectivity index (χ1n) is 10.1. The Hall–Kier alpha value is -0.340. The van der Waals surface area contributed by atoms with Crippen LogP contribution in [0.4, 0.5) is 0 Å². The summed E-state index contributed by atoms with van der Waals surface area (Å²) >= 11 is 1.83. The highest BCUT2D eigenvalue weighted by molar-refractivity contribution is 14.0. The fourth-order valence-electron chi connectivity index (χ4n) is 4.08.